The second kappa shape index (κ2) is 6.05. The Bertz CT molecular complexity index is 522. The first-order chi connectivity index (χ1) is 9.50. The number of nitrogens with one attached hydrogen (secondary N) is 1. The highest BCUT2D eigenvalue weighted by Gasteiger charge is 2.27. The van der Waals surface area contributed by atoms with Gasteiger partial charge in [-0.15, -0.1) is 0 Å². The molecule has 1 aliphatic rings. The molecule has 1 N–H and O–H groups in total. The Balaban J connectivity index is 2.13. The van der Waals surface area contributed by atoms with Crippen LogP contribution in [-0.4, -0.2) is 49.9 Å². The predicted molar refractivity (Wildman–Crippen MR) is 78.8 cm³/mol. The van der Waals surface area contributed by atoms with Gasteiger partial charge in [-0.2, -0.15) is 0 Å². The Morgan fingerprint density at radius 2 is 1.85 bits per heavy atom. The van der Waals surface area contributed by atoms with Gasteiger partial charge < -0.3 is 15.1 Å². The molecule has 5 nitrogen and oxygen atoms in total. The van der Waals surface area contributed by atoms with Crippen LogP contribution >= 0.6 is 0 Å². The van der Waals surface area contributed by atoms with Crippen LogP contribution in [-0.2, 0) is 9.59 Å². The average molecular weight is 275 g/mol. The highest BCUT2D eigenvalue weighted by atomic mass is 16.2. The van der Waals surface area contributed by atoms with E-state index < -0.39 is 11.8 Å². The highest BCUT2D eigenvalue weighted by molar-refractivity contribution is 6.40. The number of nitrogens with zero attached hydrogens (tertiary/aromatic N) is 2. The summed E-state index contributed by atoms with van der Waals surface area (Å²) in [4.78, 5) is 27.5. The minimum Gasteiger partial charge on any atom is -0.332 e. The number of hydrogen-bond donors (Lipinski definition) is 1. The van der Waals surface area contributed by atoms with Crippen molar-refractivity contribution in [2.24, 2.45) is 0 Å². The van der Waals surface area contributed by atoms with Gasteiger partial charge in [-0.05, 0) is 25.5 Å². The molecule has 108 valence electrons. The lowest BCUT2D eigenvalue weighted by atomic mass is 10.1. The van der Waals surface area contributed by atoms with Gasteiger partial charge in [0, 0.05) is 38.9 Å². The van der Waals surface area contributed by atoms with Gasteiger partial charge in [0.25, 0.3) is 0 Å². The van der Waals surface area contributed by atoms with Crippen molar-refractivity contribution in [3.05, 3.63) is 29.3 Å². The number of benzene rings is 1. The van der Waals surface area contributed by atoms with Crippen LogP contribution in [0.5, 0.6) is 0 Å². The van der Waals surface area contributed by atoms with Crippen molar-refractivity contribution in [2.45, 2.75) is 13.8 Å². The summed E-state index contributed by atoms with van der Waals surface area (Å²) in [6.45, 7) is 6.61. The van der Waals surface area contributed by atoms with E-state index in [1.54, 1.807) is 11.9 Å². The molecule has 0 aliphatic carbocycles. The third-order valence-corrected chi connectivity index (χ3v) is 3.61. The highest BCUT2D eigenvalue weighted by Crippen LogP contribution is 2.20. The molecule has 0 aromatic heterocycles. The van der Waals surface area contributed by atoms with Crippen molar-refractivity contribution < 1.29 is 9.59 Å². The SMILES string of the molecule is Cc1ccc(N(C)C(=O)C(=O)N2CCNCC2)c(C)c1. The second-order valence-corrected chi connectivity index (χ2v) is 5.20. The smallest absolute Gasteiger partial charge is 0.316 e. The molecule has 2 amide bonds. The standard InChI is InChI=1S/C15H21N3O2/c1-11-4-5-13(12(2)10-11)17(3)14(19)15(20)18-8-6-16-7-9-18/h4-5,10,16H,6-9H2,1-3H3. The van der Waals surface area contributed by atoms with Gasteiger partial charge in [0.05, 0.1) is 0 Å². The Morgan fingerprint density at radius 1 is 1.20 bits per heavy atom. The lowest BCUT2D eigenvalue weighted by molar-refractivity contribution is -0.144. The van der Waals surface area contributed by atoms with E-state index in [0.29, 0.717) is 13.1 Å². The molecular weight excluding hydrogens is 254 g/mol. The summed E-state index contributed by atoms with van der Waals surface area (Å²) in [5.74, 6) is -0.896. The zero-order valence-electron chi connectivity index (χ0n) is 12.3. The zero-order valence-corrected chi connectivity index (χ0v) is 12.3. The molecular formula is C15H21N3O2. The molecule has 0 bridgehead atoms. The van der Waals surface area contributed by atoms with Crippen LogP contribution in [0.15, 0.2) is 18.2 Å². The molecule has 0 radical (unpaired) electrons. The summed E-state index contributed by atoms with van der Waals surface area (Å²) < 4.78 is 0. The van der Waals surface area contributed by atoms with Crippen LogP contribution in [0.1, 0.15) is 11.1 Å². The van der Waals surface area contributed by atoms with E-state index in [9.17, 15) is 9.59 Å². The van der Waals surface area contributed by atoms with E-state index in [2.05, 4.69) is 5.32 Å². The maximum absolute atomic E-state index is 12.3. The van der Waals surface area contributed by atoms with Gasteiger partial charge >= 0.3 is 11.8 Å². The van der Waals surface area contributed by atoms with Crippen molar-refractivity contribution >= 4 is 17.5 Å². The molecule has 1 aromatic carbocycles. The minimum absolute atomic E-state index is 0.422. The van der Waals surface area contributed by atoms with Gasteiger partial charge in [0.1, 0.15) is 0 Å². The number of aryl methyl sites for hydroxylation is 2. The molecule has 1 heterocycles. The fraction of sp³-hybridized carbons (Fsp3) is 0.467. The first-order valence-electron chi connectivity index (χ1n) is 6.85. The van der Waals surface area contributed by atoms with Gasteiger partial charge in [0.2, 0.25) is 0 Å². The molecule has 0 spiro atoms. The van der Waals surface area contributed by atoms with Gasteiger partial charge in [-0.3, -0.25) is 9.59 Å². The monoisotopic (exact) mass is 275 g/mol. The van der Waals surface area contributed by atoms with Crippen molar-refractivity contribution in [1.82, 2.24) is 10.2 Å². The third kappa shape index (κ3) is 2.99. The van der Waals surface area contributed by atoms with Crippen LogP contribution in [0.2, 0.25) is 0 Å². The summed E-state index contributed by atoms with van der Waals surface area (Å²) in [6, 6.07) is 5.84. The van der Waals surface area contributed by atoms with Crippen molar-refractivity contribution in [3.8, 4) is 0 Å². The average Bonchev–Trinajstić information content (AvgIpc) is 2.46. The number of carbonyl (C=O) groups is 2. The Hall–Kier alpha value is -1.88. The molecule has 1 aromatic rings. The van der Waals surface area contributed by atoms with Crippen molar-refractivity contribution in [3.63, 3.8) is 0 Å². The van der Waals surface area contributed by atoms with Crippen LogP contribution in [0, 0.1) is 13.8 Å². The predicted octanol–water partition coefficient (Wildman–Crippen LogP) is 0.698. The molecule has 0 saturated carbocycles. The van der Waals surface area contributed by atoms with Crippen molar-refractivity contribution in [1.29, 1.82) is 0 Å². The fourth-order valence-corrected chi connectivity index (χ4v) is 2.44. The van der Waals surface area contributed by atoms with E-state index in [0.717, 1.165) is 29.9 Å². The van der Waals surface area contributed by atoms with Crippen molar-refractivity contribution in [2.75, 3.05) is 38.1 Å². The first kappa shape index (κ1) is 14.5. The zero-order chi connectivity index (χ0) is 14.7. The number of amides is 2. The number of piperazine rings is 1. The largest absolute Gasteiger partial charge is 0.332 e. The van der Waals surface area contributed by atoms with E-state index in [1.807, 2.05) is 32.0 Å². The molecule has 0 atom stereocenters. The Kier molecular flexibility index (Phi) is 4.39. The van der Waals surface area contributed by atoms with Crippen LogP contribution in [0.4, 0.5) is 5.69 Å². The third-order valence-electron chi connectivity index (χ3n) is 3.61. The normalized spacial score (nSPS) is 15.1. The molecule has 5 heteroatoms. The van der Waals surface area contributed by atoms with E-state index in [-0.39, 0.29) is 0 Å². The quantitative estimate of drug-likeness (QED) is 0.768. The molecule has 2 rings (SSSR count). The van der Waals surface area contributed by atoms with Crippen LogP contribution < -0.4 is 10.2 Å². The summed E-state index contributed by atoms with van der Waals surface area (Å²) in [5, 5.41) is 3.17. The van der Waals surface area contributed by atoms with Gasteiger partial charge in [-0.25, -0.2) is 0 Å². The van der Waals surface area contributed by atoms with Crippen LogP contribution in [0.3, 0.4) is 0 Å². The lowest BCUT2D eigenvalue weighted by Gasteiger charge is -2.29. The lowest BCUT2D eigenvalue weighted by Crippen LogP contribution is -2.51. The molecule has 1 fully saturated rings. The number of carbonyl (C=O) groups excluding carboxylic acids is 2. The Morgan fingerprint density at radius 3 is 2.45 bits per heavy atom. The molecule has 1 saturated heterocycles. The topological polar surface area (TPSA) is 52.7 Å². The summed E-state index contributed by atoms with van der Waals surface area (Å²) in [7, 11) is 1.65. The van der Waals surface area contributed by atoms with E-state index in [1.165, 1.54) is 4.90 Å². The molecule has 20 heavy (non-hydrogen) atoms. The summed E-state index contributed by atoms with van der Waals surface area (Å²) >= 11 is 0. The van der Waals surface area contributed by atoms with E-state index >= 15 is 0 Å². The second-order valence-electron chi connectivity index (χ2n) is 5.20. The maximum atomic E-state index is 12.3. The maximum Gasteiger partial charge on any atom is 0.316 e. The first-order valence-corrected chi connectivity index (χ1v) is 6.85. The summed E-state index contributed by atoms with van der Waals surface area (Å²) in [6.07, 6.45) is 0. The number of likely N-dealkylation sites (N-methyl/N-ethyl adjacent to an activating group) is 1. The number of rotatable bonds is 1. The summed E-state index contributed by atoms with van der Waals surface area (Å²) in [5.41, 5.74) is 2.92. The van der Waals surface area contributed by atoms with Gasteiger partial charge in [0.15, 0.2) is 0 Å². The minimum atomic E-state index is -0.473. The number of hydrogen-bond acceptors (Lipinski definition) is 3. The number of anilines is 1. The fourth-order valence-electron chi connectivity index (χ4n) is 2.44. The molecule has 1 aliphatic heterocycles. The van der Waals surface area contributed by atoms with E-state index in [4.69, 9.17) is 0 Å². The van der Waals surface area contributed by atoms with Gasteiger partial charge in [-0.1, -0.05) is 17.7 Å². The van der Waals surface area contributed by atoms with Crippen LogP contribution in [0.25, 0.3) is 0 Å². The molecule has 0 unspecified atom stereocenters. The Labute approximate surface area is 119 Å².